The Balaban J connectivity index is 1.61. The molecule has 0 amide bonds. The third-order valence-electron chi connectivity index (χ3n) is 4.54. The summed E-state index contributed by atoms with van der Waals surface area (Å²) in [6.07, 6.45) is 1.92. The van der Waals surface area contributed by atoms with Crippen LogP contribution in [0.25, 0.3) is 11.3 Å². The van der Waals surface area contributed by atoms with E-state index in [2.05, 4.69) is 25.1 Å². The first-order valence-electron chi connectivity index (χ1n) is 8.84. The normalized spacial score (nSPS) is 17.5. The fourth-order valence-electron chi connectivity index (χ4n) is 3.06. The van der Waals surface area contributed by atoms with E-state index >= 15 is 0 Å². The number of aromatic nitrogens is 6. The van der Waals surface area contributed by atoms with Gasteiger partial charge in [-0.2, -0.15) is 15.1 Å². The van der Waals surface area contributed by atoms with Crippen molar-refractivity contribution in [3.8, 4) is 23.0 Å². The lowest BCUT2D eigenvalue weighted by atomic mass is 10.2. The van der Waals surface area contributed by atoms with E-state index in [-0.39, 0.29) is 35.2 Å². The molecule has 4 heterocycles. The van der Waals surface area contributed by atoms with E-state index in [1.165, 1.54) is 25.6 Å². The summed E-state index contributed by atoms with van der Waals surface area (Å²) in [5.41, 5.74) is -2.39. The van der Waals surface area contributed by atoms with Gasteiger partial charge in [0, 0.05) is 6.20 Å². The Morgan fingerprint density at radius 2 is 1.94 bits per heavy atom. The number of nitrogens with zero attached hydrogens (tertiary/aromatic N) is 4. The molecule has 14 heteroatoms. The van der Waals surface area contributed by atoms with Crippen LogP contribution in [0.15, 0.2) is 39.0 Å². The minimum absolute atomic E-state index is 0.0106. The molecule has 1 unspecified atom stereocenters. The van der Waals surface area contributed by atoms with E-state index in [1.807, 2.05) is 4.98 Å². The van der Waals surface area contributed by atoms with Crippen molar-refractivity contribution >= 4 is 5.69 Å². The number of ether oxygens (including phenoxy) is 2. The zero-order chi connectivity index (χ0) is 22.2. The fourth-order valence-corrected chi connectivity index (χ4v) is 3.06. The van der Waals surface area contributed by atoms with Crippen LogP contribution in [0.2, 0.25) is 0 Å². The van der Waals surface area contributed by atoms with Crippen LogP contribution in [0.4, 0.5) is 14.5 Å². The van der Waals surface area contributed by atoms with Gasteiger partial charge in [0.2, 0.25) is 0 Å². The van der Waals surface area contributed by atoms with Gasteiger partial charge in [-0.1, -0.05) is 0 Å². The molecule has 0 radical (unpaired) electrons. The first-order valence-corrected chi connectivity index (χ1v) is 8.84. The van der Waals surface area contributed by atoms with Crippen LogP contribution in [0.3, 0.4) is 0 Å². The molecule has 1 atom stereocenters. The first kappa shape index (κ1) is 20.2. The van der Waals surface area contributed by atoms with E-state index < -0.39 is 35.4 Å². The molecule has 12 nitrogen and oxygen atoms in total. The topological polar surface area (TPSA) is 159 Å². The van der Waals surface area contributed by atoms with E-state index in [0.717, 1.165) is 11.1 Å². The lowest BCUT2D eigenvalue weighted by Gasteiger charge is -2.18. The number of halogens is 2. The van der Waals surface area contributed by atoms with Crippen LogP contribution in [-0.4, -0.2) is 62.4 Å². The van der Waals surface area contributed by atoms with Gasteiger partial charge >= 0.3 is 17.6 Å². The van der Waals surface area contributed by atoms with Crippen LogP contribution in [0, 0.1) is 0 Å². The van der Waals surface area contributed by atoms with Crippen LogP contribution >= 0.6 is 0 Å². The van der Waals surface area contributed by atoms with Gasteiger partial charge in [-0.3, -0.25) is 14.6 Å². The number of alkyl halides is 2. The second-order valence-corrected chi connectivity index (χ2v) is 6.61. The zero-order valence-corrected chi connectivity index (χ0v) is 15.9. The highest BCUT2D eigenvalue weighted by atomic mass is 19.3. The summed E-state index contributed by atoms with van der Waals surface area (Å²) in [5.74, 6) is -3.29. The maximum absolute atomic E-state index is 14.6. The number of nitrogens with one attached hydrogen (secondary N) is 3. The van der Waals surface area contributed by atoms with Crippen molar-refractivity contribution in [1.29, 1.82) is 0 Å². The Bertz CT molecular complexity index is 1270. The van der Waals surface area contributed by atoms with Gasteiger partial charge in [0.05, 0.1) is 43.9 Å². The van der Waals surface area contributed by atoms with Crippen LogP contribution < -0.4 is 31.2 Å². The van der Waals surface area contributed by atoms with Gasteiger partial charge < -0.3 is 19.4 Å². The Hall–Kier alpha value is -4.10. The third-order valence-corrected chi connectivity index (χ3v) is 4.54. The number of aromatic amines is 3. The van der Waals surface area contributed by atoms with E-state index in [9.17, 15) is 23.2 Å². The molecular weight excluding hydrogens is 420 g/mol. The molecule has 1 aliphatic rings. The molecular formula is C17H15F2N7O5. The second-order valence-electron chi connectivity index (χ2n) is 6.61. The molecule has 1 saturated heterocycles. The second kappa shape index (κ2) is 7.62. The predicted molar refractivity (Wildman–Crippen MR) is 102 cm³/mol. The maximum atomic E-state index is 14.6. The molecule has 31 heavy (non-hydrogen) atoms. The van der Waals surface area contributed by atoms with Crippen LogP contribution in [0.1, 0.15) is 0 Å². The minimum Gasteiger partial charge on any atom is -0.479 e. The largest absolute Gasteiger partial charge is 0.479 e. The molecule has 162 valence electrons. The summed E-state index contributed by atoms with van der Waals surface area (Å²) in [6, 6.07) is 1.25. The zero-order valence-electron chi connectivity index (χ0n) is 15.9. The molecule has 3 N–H and O–H groups in total. The van der Waals surface area contributed by atoms with E-state index in [4.69, 9.17) is 9.47 Å². The molecule has 0 aromatic carbocycles. The summed E-state index contributed by atoms with van der Waals surface area (Å²) < 4.78 is 39.3. The lowest BCUT2D eigenvalue weighted by Crippen LogP contribution is -2.36. The van der Waals surface area contributed by atoms with Crippen molar-refractivity contribution in [3.63, 3.8) is 0 Å². The van der Waals surface area contributed by atoms with Gasteiger partial charge in [-0.15, -0.1) is 0 Å². The molecule has 1 aliphatic heterocycles. The Morgan fingerprint density at radius 3 is 2.61 bits per heavy atom. The maximum Gasteiger partial charge on any atom is 0.325 e. The van der Waals surface area contributed by atoms with Crippen molar-refractivity contribution in [3.05, 3.63) is 55.8 Å². The summed E-state index contributed by atoms with van der Waals surface area (Å²) in [7, 11) is 1.36. The highest BCUT2D eigenvalue weighted by Gasteiger charge is 2.50. The molecule has 0 spiro atoms. The van der Waals surface area contributed by atoms with Crippen molar-refractivity contribution in [1.82, 2.24) is 30.1 Å². The highest BCUT2D eigenvalue weighted by Crippen LogP contribution is 2.33. The molecule has 1 fully saturated rings. The molecule has 4 rings (SSSR count). The molecule has 3 aromatic heterocycles. The molecule has 3 aromatic rings. The molecule has 0 bridgehead atoms. The number of hydrogen-bond donors (Lipinski definition) is 3. The monoisotopic (exact) mass is 435 g/mol. The number of anilines is 1. The SMILES string of the molecule is COc1ncc(OC2CN(c3cc(-c4c[nH]c(=O)[nH]c4=O)n[nH]c3=O)CC2(F)F)cn1. The summed E-state index contributed by atoms with van der Waals surface area (Å²) in [4.78, 5) is 48.4. The van der Waals surface area contributed by atoms with Crippen molar-refractivity contribution < 1.29 is 18.3 Å². The van der Waals surface area contributed by atoms with Crippen molar-refractivity contribution in [2.45, 2.75) is 12.0 Å². The number of H-pyrrole nitrogens is 3. The molecule has 0 saturated carbocycles. The third kappa shape index (κ3) is 3.99. The van der Waals surface area contributed by atoms with Crippen LogP contribution in [-0.2, 0) is 0 Å². The quantitative estimate of drug-likeness (QED) is 0.481. The Kier molecular flexibility index (Phi) is 4.96. The Labute approximate surface area is 170 Å². The van der Waals surface area contributed by atoms with Gasteiger partial charge in [-0.05, 0) is 6.07 Å². The first-order chi connectivity index (χ1) is 14.8. The lowest BCUT2D eigenvalue weighted by molar-refractivity contribution is -0.0596. The predicted octanol–water partition coefficient (Wildman–Crippen LogP) is -0.485. The average molecular weight is 435 g/mol. The van der Waals surface area contributed by atoms with Crippen molar-refractivity contribution in [2.24, 2.45) is 0 Å². The Morgan fingerprint density at radius 1 is 1.19 bits per heavy atom. The van der Waals surface area contributed by atoms with E-state index in [1.54, 1.807) is 0 Å². The number of hydrogen-bond acceptors (Lipinski definition) is 9. The van der Waals surface area contributed by atoms with Gasteiger partial charge in [0.15, 0.2) is 11.9 Å². The summed E-state index contributed by atoms with van der Waals surface area (Å²) in [5, 5.41) is 5.94. The average Bonchev–Trinajstić information content (AvgIpc) is 3.03. The number of rotatable bonds is 5. The minimum atomic E-state index is -3.30. The fraction of sp³-hybridized carbons (Fsp3) is 0.294. The van der Waals surface area contributed by atoms with Gasteiger partial charge in [-0.25, -0.2) is 18.7 Å². The van der Waals surface area contributed by atoms with Gasteiger partial charge in [0.1, 0.15) is 5.69 Å². The summed E-state index contributed by atoms with van der Waals surface area (Å²) >= 11 is 0. The highest BCUT2D eigenvalue weighted by molar-refractivity contribution is 5.62. The van der Waals surface area contributed by atoms with Crippen molar-refractivity contribution in [2.75, 3.05) is 25.1 Å². The van der Waals surface area contributed by atoms with Crippen LogP contribution in [0.5, 0.6) is 11.8 Å². The molecule has 0 aliphatic carbocycles. The number of methoxy groups -OCH3 is 1. The summed E-state index contributed by atoms with van der Waals surface area (Å²) in [6.45, 7) is -1.13. The smallest absolute Gasteiger partial charge is 0.325 e. The standard InChI is InChI=1S/C17H15F2N7O5/c1-30-16-21-3-8(4-22-16)31-12-6-26(7-17(12,18)19)11-2-10(24-25-14(11)28)9-5-20-15(29)23-13(9)27/h2-5,12H,6-7H2,1H3,(H,25,28)(H2,20,23,27,29). The van der Waals surface area contributed by atoms with Gasteiger partial charge in [0.25, 0.3) is 11.1 Å². The van der Waals surface area contributed by atoms with E-state index in [0.29, 0.717) is 0 Å².